The normalized spacial score (nSPS) is 14.5. The van der Waals surface area contributed by atoms with E-state index in [0.717, 1.165) is 10.5 Å². The molecule has 0 aromatic heterocycles. The number of carbonyl (C=O) groups excluding carboxylic acids is 3. The van der Waals surface area contributed by atoms with Gasteiger partial charge in [0.2, 0.25) is 0 Å². The van der Waals surface area contributed by atoms with Gasteiger partial charge < -0.3 is 19.5 Å². The second-order valence-corrected chi connectivity index (χ2v) is 7.98. The molecule has 8 nitrogen and oxygen atoms in total. The molecule has 3 amide bonds. The van der Waals surface area contributed by atoms with Gasteiger partial charge in [0.05, 0.1) is 28.8 Å². The summed E-state index contributed by atoms with van der Waals surface area (Å²) in [4.78, 5) is 36.7. The lowest BCUT2D eigenvalue weighted by molar-refractivity contribution is -0.143. The van der Waals surface area contributed by atoms with E-state index >= 15 is 0 Å². The van der Waals surface area contributed by atoms with Crippen LogP contribution in [0.3, 0.4) is 0 Å². The van der Waals surface area contributed by atoms with Gasteiger partial charge in [0, 0.05) is 0 Å². The lowest BCUT2D eigenvalue weighted by Crippen LogP contribution is -2.36. The Kier molecular flexibility index (Phi) is 8.07. The van der Waals surface area contributed by atoms with Gasteiger partial charge in [-0.25, -0.2) is 9.69 Å². The summed E-state index contributed by atoms with van der Waals surface area (Å²) < 4.78 is 16.0. The number of esters is 1. The van der Waals surface area contributed by atoms with Crippen LogP contribution in [0.2, 0.25) is 15.1 Å². The Morgan fingerprint density at radius 2 is 1.82 bits per heavy atom. The van der Waals surface area contributed by atoms with Crippen LogP contribution in [0.15, 0.2) is 36.0 Å². The molecule has 0 spiro atoms. The van der Waals surface area contributed by atoms with Crippen molar-refractivity contribution in [2.75, 3.05) is 20.3 Å². The molecular formula is C22H19Cl3N2O6. The number of carbonyl (C=O) groups is 3. The summed E-state index contributed by atoms with van der Waals surface area (Å²) in [7, 11) is 1.17. The third kappa shape index (κ3) is 5.90. The average molecular weight is 514 g/mol. The van der Waals surface area contributed by atoms with E-state index in [4.69, 9.17) is 44.3 Å². The van der Waals surface area contributed by atoms with Crippen molar-refractivity contribution in [2.45, 2.75) is 13.5 Å². The predicted octanol–water partition coefficient (Wildman–Crippen LogP) is 4.69. The highest BCUT2D eigenvalue weighted by Crippen LogP contribution is 2.38. The molecule has 1 aliphatic heterocycles. The highest BCUT2D eigenvalue weighted by atomic mass is 35.5. The van der Waals surface area contributed by atoms with E-state index in [-0.39, 0.29) is 17.3 Å². The third-order valence-electron chi connectivity index (χ3n) is 4.49. The van der Waals surface area contributed by atoms with Crippen molar-refractivity contribution in [3.63, 3.8) is 0 Å². The summed E-state index contributed by atoms with van der Waals surface area (Å²) in [6, 6.07) is 7.58. The first-order chi connectivity index (χ1) is 15.7. The molecule has 33 heavy (non-hydrogen) atoms. The number of methoxy groups -OCH3 is 1. The molecule has 0 atom stereocenters. The predicted molar refractivity (Wildman–Crippen MR) is 124 cm³/mol. The number of hydrogen-bond donors (Lipinski definition) is 1. The number of rotatable bonds is 8. The first-order valence-corrected chi connectivity index (χ1v) is 10.8. The Hall–Kier alpha value is -2.94. The minimum atomic E-state index is -0.727. The Morgan fingerprint density at radius 3 is 2.48 bits per heavy atom. The summed E-state index contributed by atoms with van der Waals surface area (Å²) in [6.07, 6.45) is 1.43. The van der Waals surface area contributed by atoms with Crippen molar-refractivity contribution < 1.29 is 28.6 Å². The highest BCUT2D eigenvalue weighted by molar-refractivity contribution is 6.42. The van der Waals surface area contributed by atoms with Crippen molar-refractivity contribution in [3.8, 4) is 11.5 Å². The largest absolute Gasteiger partial charge is 0.490 e. The maximum absolute atomic E-state index is 12.5. The van der Waals surface area contributed by atoms with E-state index < -0.39 is 24.5 Å². The molecule has 1 aliphatic rings. The number of imide groups is 1. The fourth-order valence-corrected chi connectivity index (χ4v) is 3.53. The molecule has 0 unspecified atom stereocenters. The van der Waals surface area contributed by atoms with Crippen LogP contribution < -0.4 is 14.8 Å². The number of hydrogen-bond acceptors (Lipinski definition) is 6. The second kappa shape index (κ2) is 10.8. The maximum Gasteiger partial charge on any atom is 0.329 e. The van der Waals surface area contributed by atoms with Gasteiger partial charge in [-0.1, -0.05) is 40.9 Å². The number of amides is 3. The molecule has 11 heteroatoms. The summed E-state index contributed by atoms with van der Waals surface area (Å²) in [5.41, 5.74) is 1.24. The van der Waals surface area contributed by atoms with Gasteiger partial charge in [0.15, 0.2) is 11.5 Å². The topological polar surface area (TPSA) is 94.2 Å². The third-order valence-corrected chi connectivity index (χ3v) is 5.51. The highest BCUT2D eigenvalue weighted by Gasteiger charge is 2.35. The molecule has 174 valence electrons. The average Bonchev–Trinajstić information content (AvgIpc) is 3.03. The standard InChI is InChI=1S/C22H19Cl3N2O6/c1-3-32-18-9-13(8-17-21(29)27(22(30)26-17)10-19(28)31-2)7-16(25)20(18)33-11-12-4-5-14(23)15(24)6-12/h4-9H,3,10-11H2,1-2H3,(H,26,30)/b17-8+. The first-order valence-electron chi connectivity index (χ1n) is 9.68. The van der Waals surface area contributed by atoms with Crippen LogP contribution in [-0.4, -0.2) is 43.1 Å². The smallest absolute Gasteiger partial charge is 0.329 e. The summed E-state index contributed by atoms with van der Waals surface area (Å²) >= 11 is 18.4. The molecule has 2 aromatic carbocycles. The van der Waals surface area contributed by atoms with Gasteiger partial charge in [-0.05, 0) is 48.4 Å². The van der Waals surface area contributed by atoms with Gasteiger partial charge >= 0.3 is 12.0 Å². The van der Waals surface area contributed by atoms with Crippen LogP contribution in [0.25, 0.3) is 6.08 Å². The lowest BCUT2D eigenvalue weighted by Gasteiger charge is -2.15. The van der Waals surface area contributed by atoms with E-state index in [2.05, 4.69) is 10.1 Å². The van der Waals surface area contributed by atoms with Crippen molar-refractivity contribution >= 4 is 58.8 Å². The van der Waals surface area contributed by atoms with Crippen LogP contribution in [0.5, 0.6) is 11.5 Å². The molecule has 1 N–H and O–H groups in total. The van der Waals surface area contributed by atoms with E-state index in [1.807, 2.05) is 0 Å². The number of nitrogens with zero attached hydrogens (tertiary/aromatic N) is 1. The SMILES string of the molecule is CCOc1cc(/C=C2/NC(=O)N(CC(=O)OC)C2=O)cc(Cl)c1OCc1ccc(Cl)c(Cl)c1. The van der Waals surface area contributed by atoms with Crippen LogP contribution in [-0.2, 0) is 20.9 Å². The number of halogens is 3. The van der Waals surface area contributed by atoms with Crippen molar-refractivity contribution in [1.29, 1.82) is 0 Å². The van der Waals surface area contributed by atoms with Crippen LogP contribution >= 0.6 is 34.8 Å². The Labute approximate surface area is 204 Å². The van der Waals surface area contributed by atoms with Gasteiger partial charge in [-0.3, -0.25) is 9.59 Å². The van der Waals surface area contributed by atoms with Gasteiger partial charge in [-0.15, -0.1) is 0 Å². The monoisotopic (exact) mass is 512 g/mol. The molecule has 1 fully saturated rings. The molecule has 0 radical (unpaired) electrons. The molecule has 1 heterocycles. The zero-order valence-corrected chi connectivity index (χ0v) is 19.9. The summed E-state index contributed by atoms with van der Waals surface area (Å²) in [5.74, 6) is -0.731. The van der Waals surface area contributed by atoms with E-state index in [1.165, 1.54) is 13.2 Å². The zero-order chi connectivity index (χ0) is 24.1. The number of ether oxygens (including phenoxy) is 3. The van der Waals surface area contributed by atoms with E-state index in [9.17, 15) is 14.4 Å². The minimum Gasteiger partial charge on any atom is -0.490 e. The van der Waals surface area contributed by atoms with Crippen LogP contribution in [0.1, 0.15) is 18.1 Å². The molecule has 1 saturated heterocycles. The molecular weight excluding hydrogens is 495 g/mol. The van der Waals surface area contributed by atoms with E-state index in [0.29, 0.717) is 33.7 Å². The van der Waals surface area contributed by atoms with Crippen molar-refractivity contribution in [1.82, 2.24) is 10.2 Å². The fraction of sp³-hybridized carbons (Fsp3) is 0.227. The quantitative estimate of drug-likeness (QED) is 0.313. The van der Waals surface area contributed by atoms with Crippen LogP contribution in [0, 0.1) is 0 Å². The summed E-state index contributed by atoms with van der Waals surface area (Å²) in [6.45, 7) is 1.80. The zero-order valence-electron chi connectivity index (χ0n) is 17.6. The lowest BCUT2D eigenvalue weighted by atomic mass is 10.1. The molecule has 0 saturated carbocycles. The van der Waals surface area contributed by atoms with Crippen LogP contribution in [0.4, 0.5) is 4.79 Å². The first kappa shape index (κ1) is 24.7. The maximum atomic E-state index is 12.5. The fourth-order valence-electron chi connectivity index (χ4n) is 2.93. The Bertz CT molecular complexity index is 1140. The summed E-state index contributed by atoms with van der Waals surface area (Å²) in [5, 5.41) is 3.50. The van der Waals surface area contributed by atoms with E-state index in [1.54, 1.807) is 37.3 Å². The van der Waals surface area contributed by atoms with Crippen molar-refractivity contribution in [3.05, 3.63) is 62.2 Å². The minimum absolute atomic E-state index is 0.0214. The number of nitrogens with one attached hydrogen (secondary N) is 1. The Balaban J connectivity index is 1.84. The van der Waals surface area contributed by atoms with Gasteiger partial charge in [-0.2, -0.15) is 0 Å². The number of urea groups is 1. The molecule has 2 aromatic rings. The molecule has 0 aliphatic carbocycles. The Morgan fingerprint density at radius 1 is 1.06 bits per heavy atom. The van der Waals surface area contributed by atoms with Gasteiger partial charge in [0.25, 0.3) is 5.91 Å². The molecule has 3 rings (SSSR count). The second-order valence-electron chi connectivity index (χ2n) is 6.76. The number of benzene rings is 2. The van der Waals surface area contributed by atoms with Gasteiger partial charge in [0.1, 0.15) is 18.8 Å². The molecule has 0 bridgehead atoms. The van der Waals surface area contributed by atoms with Crippen molar-refractivity contribution in [2.24, 2.45) is 0 Å².